The molecule has 1 aromatic rings. The maximum Gasteiger partial charge on any atom is 0.233 e. The third-order valence-corrected chi connectivity index (χ3v) is 3.47. The molecule has 5 heteroatoms. The molecular weight excluding hydrogens is 235 g/mol. The van der Waals surface area contributed by atoms with Crippen molar-refractivity contribution >= 4 is 11.8 Å². The summed E-state index contributed by atoms with van der Waals surface area (Å²) in [7, 11) is 0. The fraction of sp³-hybridized carbons (Fsp3) is 0.308. The van der Waals surface area contributed by atoms with Crippen LogP contribution in [0.15, 0.2) is 18.2 Å². The lowest BCUT2D eigenvalue weighted by Gasteiger charge is -2.16. The van der Waals surface area contributed by atoms with E-state index in [2.05, 4.69) is 0 Å². The van der Waals surface area contributed by atoms with Gasteiger partial charge in [-0.1, -0.05) is 6.07 Å². The van der Waals surface area contributed by atoms with Crippen LogP contribution in [0.4, 0.5) is 4.39 Å². The number of halogens is 1. The number of hydrogen-bond acceptors (Lipinski definition) is 3. The second-order valence-electron chi connectivity index (χ2n) is 4.63. The van der Waals surface area contributed by atoms with Crippen molar-refractivity contribution in [1.82, 2.24) is 4.90 Å². The smallest absolute Gasteiger partial charge is 0.233 e. The van der Waals surface area contributed by atoms with Gasteiger partial charge in [-0.05, 0) is 18.6 Å². The zero-order valence-electron chi connectivity index (χ0n) is 9.39. The summed E-state index contributed by atoms with van der Waals surface area (Å²) in [6.45, 7) is -0.0395. The predicted octanol–water partition coefficient (Wildman–Crippen LogP) is 1.20. The van der Waals surface area contributed by atoms with Crippen molar-refractivity contribution in [3.63, 3.8) is 0 Å². The van der Waals surface area contributed by atoms with Crippen LogP contribution in [0.5, 0.6) is 0 Å². The highest BCUT2D eigenvalue weighted by Gasteiger charge is 2.58. The van der Waals surface area contributed by atoms with Gasteiger partial charge in [-0.3, -0.25) is 14.5 Å². The van der Waals surface area contributed by atoms with E-state index in [0.717, 1.165) is 11.0 Å². The Morgan fingerprint density at radius 3 is 2.56 bits per heavy atom. The quantitative estimate of drug-likeness (QED) is 0.734. The molecule has 1 aromatic carbocycles. The molecule has 2 amide bonds. The normalized spacial score (nSPS) is 25.0. The molecule has 0 spiro atoms. The molecule has 2 unspecified atom stereocenters. The van der Waals surface area contributed by atoms with E-state index in [1.807, 2.05) is 6.07 Å². The van der Waals surface area contributed by atoms with Gasteiger partial charge in [0.25, 0.3) is 0 Å². The number of hydrogen-bond donors (Lipinski definition) is 0. The van der Waals surface area contributed by atoms with Gasteiger partial charge in [0.05, 0.1) is 30.0 Å². The highest BCUT2D eigenvalue weighted by Crippen LogP contribution is 2.47. The van der Waals surface area contributed by atoms with Crippen LogP contribution in [0, 0.1) is 29.0 Å². The predicted molar refractivity (Wildman–Crippen MR) is 58.3 cm³/mol. The number of imide groups is 1. The Balaban J connectivity index is 1.83. The maximum absolute atomic E-state index is 13.7. The second-order valence-corrected chi connectivity index (χ2v) is 4.63. The molecule has 1 aliphatic carbocycles. The van der Waals surface area contributed by atoms with Crippen molar-refractivity contribution in [2.75, 3.05) is 0 Å². The number of fused-ring (bicyclic) bond motifs is 1. The molecule has 18 heavy (non-hydrogen) atoms. The van der Waals surface area contributed by atoms with E-state index in [1.54, 1.807) is 0 Å². The molecule has 2 atom stereocenters. The number of carbonyl (C=O) groups is 2. The SMILES string of the molecule is N#Cc1ccc(CN2C(=O)C3CC3C2=O)c(F)c1. The Bertz CT molecular complexity index is 585. The molecule has 1 saturated heterocycles. The first-order valence-electron chi connectivity index (χ1n) is 5.65. The summed E-state index contributed by atoms with van der Waals surface area (Å²) >= 11 is 0. The lowest BCUT2D eigenvalue weighted by Crippen LogP contribution is -2.32. The highest BCUT2D eigenvalue weighted by atomic mass is 19.1. The highest BCUT2D eigenvalue weighted by molar-refractivity contribution is 6.08. The van der Waals surface area contributed by atoms with Gasteiger partial charge in [-0.15, -0.1) is 0 Å². The summed E-state index contributed by atoms with van der Waals surface area (Å²) in [6, 6.07) is 5.86. The first kappa shape index (κ1) is 10.9. The van der Waals surface area contributed by atoms with Crippen LogP contribution in [-0.4, -0.2) is 16.7 Å². The first-order valence-corrected chi connectivity index (χ1v) is 5.65. The molecule has 4 nitrogen and oxygen atoms in total. The van der Waals surface area contributed by atoms with Crippen LogP contribution in [0.25, 0.3) is 0 Å². The van der Waals surface area contributed by atoms with Crippen LogP contribution in [0.1, 0.15) is 17.5 Å². The molecule has 2 fully saturated rings. The standard InChI is InChI=1S/C13H9FN2O2/c14-11-3-7(5-15)1-2-8(11)6-16-12(17)9-4-10(9)13(16)18/h1-3,9-10H,4,6H2. The van der Waals surface area contributed by atoms with Crippen molar-refractivity contribution in [3.8, 4) is 6.07 Å². The topological polar surface area (TPSA) is 61.2 Å². The number of nitriles is 1. The van der Waals surface area contributed by atoms with Crippen molar-refractivity contribution in [2.24, 2.45) is 11.8 Å². The van der Waals surface area contributed by atoms with E-state index in [1.165, 1.54) is 12.1 Å². The first-order chi connectivity index (χ1) is 8.61. The number of likely N-dealkylation sites (tertiary alicyclic amines) is 1. The van der Waals surface area contributed by atoms with Crippen molar-refractivity contribution in [3.05, 3.63) is 35.1 Å². The molecule has 0 radical (unpaired) electrons. The van der Waals surface area contributed by atoms with Gasteiger partial charge < -0.3 is 0 Å². The maximum atomic E-state index is 13.7. The minimum Gasteiger partial charge on any atom is -0.278 e. The number of piperidine rings is 1. The summed E-state index contributed by atoms with van der Waals surface area (Å²) in [5, 5.41) is 8.63. The molecule has 0 bridgehead atoms. The van der Waals surface area contributed by atoms with E-state index in [-0.39, 0.29) is 41.3 Å². The monoisotopic (exact) mass is 244 g/mol. The zero-order chi connectivity index (χ0) is 12.9. The lowest BCUT2D eigenvalue weighted by molar-refractivity contribution is -0.142. The Labute approximate surface area is 103 Å². The molecule has 90 valence electrons. The van der Waals surface area contributed by atoms with Gasteiger partial charge in [0.2, 0.25) is 11.8 Å². The molecule has 1 heterocycles. The molecule has 1 saturated carbocycles. The summed E-state index contributed by atoms with van der Waals surface area (Å²) in [6.07, 6.45) is 0.643. The zero-order valence-corrected chi connectivity index (χ0v) is 9.39. The number of nitrogens with zero attached hydrogens (tertiary/aromatic N) is 2. The number of carbonyl (C=O) groups excluding carboxylic acids is 2. The van der Waals surface area contributed by atoms with Crippen LogP contribution < -0.4 is 0 Å². The van der Waals surface area contributed by atoms with E-state index < -0.39 is 5.82 Å². The fourth-order valence-electron chi connectivity index (χ4n) is 2.32. The van der Waals surface area contributed by atoms with Gasteiger partial charge in [-0.25, -0.2) is 4.39 Å². The number of rotatable bonds is 2. The van der Waals surface area contributed by atoms with Gasteiger partial charge in [0, 0.05) is 5.56 Å². The van der Waals surface area contributed by atoms with Crippen LogP contribution >= 0.6 is 0 Å². The average molecular weight is 244 g/mol. The van der Waals surface area contributed by atoms with E-state index in [4.69, 9.17) is 5.26 Å². The molecular formula is C13H9FN2O2. The minimum atomic E-state index is -0.560. The Hall–Kier alpha value is -2.22. The summed E-state index contributed by atoms with van der Waals surface area (Å²) in [5.41, 5.74) is 0.482. The molecule has 3 rings (SSSR count). The molecule has 0 aromatic heterocycles. The van der Waals surface area contributed by atoms with Crippen LogP contribution in [0.2, 0.25) is 0 Å². The van der Waals surface area contributed by atoms with Crippen molar-refractivity contribution in [2.45, 2.75) is 13.0 Å². The molecule has 1 aliphatic heterocycles. The third-order valence-electron chi connectivity index (χ3n) is 3.47. The van der Waals surface area contributed by atoms with Crippen LogP contribution in [0.3, 0.4) is 0 Å². The van der Waals surface area contributed by atoms with Crippen molar-refractivity contribution < 1.29 is 14.0 Å². The Morgan fingerprint density at radius 2 is 2.00 bits per heavy atom. The average Bonchev–Trinajstić information content (AvgIpc) is 3.11. The summed E-state index contributed by atoms with van der Waals surface area (Å²) < 4.78 is 13.7. The number of benzene rings is 1. The van der Waals surface area contributed by atoms with Gasteiger partial charge >= 0.3 is 0 Å². The molecule has 2 aliphatic rings. The molecule has 0 N–H and O–H groups in total. The van der Waals surface area contributed by atoms with E-state index in [0.29, 0.717) is 6.42 Å². The van der Waals surface area contributed by atoms with Crippen LogP contribution in [-0.2, 0) is 16.1 Å². The third kappa shape index (κ3) is 1.50. The number of amides is 2. The summed E-state index contributed by atoms with van der Waals surface area (Å²) in [4.78, 5) is 24.6. The van der Waals surface area contributed by atoms with Gasteiger partial charge in [0.15, 0.2) is 0 Å². The van der Waals surface area contributed by atoms with Gasteiger partial charge in [-0.2, -0.15) is 5.26 Å². The largest absolute Gasteiger partial charge is 0.278 e. The van der Waals surface area contributed by atoms with E-state index in [9.17, 15) is 14.0 Å². The minimum absolute atomic E-state index is 0.0395. The van der Waals surface area contributed by atoms with Crippen molar-refractivity contribution in [1.29, 1.82) is 5.26 Å². The van der Waals surface area contributed by atoms with E-state index >= 15 is 0 Å². The Kier molecular flexibility index (Phi) is 2.20. The van der Waals surface area contributed by atoms with Gasteiger partial charge in [0.1, 0.15) is 5.82 Å². The fourth-order valence-corrected chi connectivity index (χ4v) is 2.32. The second kappa shape index (κ2) is 3.64. The summed E-state index contributed by atoms with van der Waals surface area (Å²) in [5.74, 6) is -1.30. The lowest BCUT2D eigenvalue weighted by atomic mass is 10.1. The Morgan fingerprint density at radius 1 is 1.33 bits per heavy atom.